The first-order valence-electron chi connectivity index (χ1n) is 7.09. The molecule has 2 atom stereocenters. The van der Waals surface area contributed by atoms with Gasteiger partial charge in [0.15, 0.2) is 16.4 Å². The Labute approximate surface area is 139 Å². The van der Waals surface area contributed by atoms with Crippen LogP contribution in [0.2, 0.25) is 0 Å². The highest BCUT2D eigenvalue weighted by Gasteiger charge is 2.18. The molecule has 0 bridgehead atoms. The third-order valence-electron chi connectivity index (χ3n) is 3.40. The molecule has 1 heterocycles. The van der Waals surface area contributed by atoms with Crippen molar-refractivity contribution in [1.82, 2.24) is 5.43 Å². The van der Waals surface area contributed by atoms with Crippen LogP contribution in [-0.2, 0) is 16.0 Å². The van der Waals surface area contributed by atoms with E-state index in [1.165, 1.54) is 7.11 Å². The van der Waals surface area contributed by atoms with E-state index in [1.807, 2.05) is 25.1 Å². The van der Waals surface area contributed by atoms with E-state index >= 15 is 0 Å². The van der Waals surface area contributed by atoms with Crippen LogP contribution in [0.4, 0.5) is 0 Å². The number of amides is 1. The van der Waals surface area contributed by atoms with Crippen molar-refractivity contribution >= 4 is 28.9 Å². The van der Waals surface area contributed by atoms with Crippen LogP contribution in [0.1, 0.15) is 18.9 Å². The van der Waals surface area contributed by atoms with E-state index in [0.717, 1.165) is 11.3 Å². The molecule has 0 radical (unpaired) electrons. The number of methoxy groups -OCH3 is 1. The van der Waals surface area contributed by atoms with Gasteiger partial charge in [-0.1, -0.05) is 18.9 Å². The Morgan fingerprint density at radius 1 is 1.57 bits per heavy atom. The molecule has 6 heteroatoms. The molecule has 0 aliphatic carbocycles. The highest BCUT2D eigenvalue weighted by Crippen LogP contribution is 2.26. The molecular formula is C17H18N2O3S. The number of ether oxygens (including phenoxy) is 1. The van der Waals surface area contributed by atoms with E-state index in [2.05, 4.69) is 16.4 Å². The summed E-state index contributed by atoms with van der Waals surface area (Å²) in [7, 11) is 1.53. The van der Waals surface area contributed by atoms with Crippen LogP contribution in [0.5, 0.6) is 5.75 Å². The van der Waals surface area contributed by atoms with Gasteiger partial charge in [0.2, 0.25) is 5.91 Å². The first kappa shape index (κ1) is 17.1. The second-order valence-electron chi connectivity index (χ2n) is 5.11. The minimum absolute atomic E-state index is 0.0725. The Bertz CT molecular complexity index is 692. The molecule has 0 saturated heterocycles. The Hall–Kier alpha value is -2.23. The van der Waals surface area contributed by atoms with Gasteiger partial charge >= 0.3 is 0 Å². The summed E-state index contributed by atoms with van der Waals surface area (Å²) in [6.07, 6.45) is 9.37. The van der Waals surface area contributed by atoms with Gasteiger partial charge in [-0.2, -0.15) is 5.10 Å². The van der Waals surface area contributed by atoms with Gasteiger partial charge in [-0.05, 0) is 29.8 Å². The second-order valence-corrected chi connectivity index (χ2v) is 6.53. The van der Waals surface area contributed by atoms with E-state index in [1.54, 1.807) is 12.1 Å². The number of allylic oxidation sites excluding steroid dienone is 1. The number of rotatable bonds is 5. The van der Waals surface area contributed by atoms with Gasteiger partial charge in [0.05, 0.1) is 12.8 Å². The quantitative estimate of drug-likeness (QED) is 0.662. The lowest BCUT2D eigenvalue weighted by Gasteiger charge is -2.16. The fraction of sp³-hybridized carbons (Fsp3) is 0.294. The summed E-state index contributed by atoms with van der Waals surface area (Å²) in [5, 5.41) is 4.05. The van der Waals surface area contributed by atoms with Crippen molar-refractivity contribution in [3.05, 3.63) is 29.8 Å². The third kappa shape index (κ3) is 4.38. The molecule has 23 heavy (non-hydrogen) atoms. The zero-order valence-corrected chi connectivity index (χ0v) is 13.9. The molecule has 1 aliphatic heterocycles. The summed E-state index contributed by atoms with van der Waals surface area (Å²) in [4.78, 5) is 11.8. The van der Waals surface area contributed by atoms with Gasteiger partial charge < -0.3 is 9.29 Å². The zero-order valence-electron chi connectivity index (χ0n) is 13.0. The van der Waals surface area contributed by atoms with Crippen LogP contribution in [0.15, 0.2) is 34.3 Å². The first-order valence-corrected chi connectivity index (χ1v) is 8.41. The molecule has 1 aromatic rings. The number of carbonyl (C=O) groups excluding carboxylic acids is 1. The fourth-order valence-corrected chi connectivity index (χ4v) is 3.07. The van der Waals surface area contributed by atoms with Crippen molar-refractivity contribution in [2.24, 2.45) is 11.0 Å². The predicted molar refractivity (Wildman–Crippen MR) is 91.5 cm³/mol. The van der Waals surface area contributed by atoms with Crippen molar-refractivity contribution in [2.75, 3.05) is 12.9 Å². The number of hydrogen-bond donors (Lipinski definition) is 1. The number of carbonyl (C=O) groups is 1. The Kier molecular flexibility index (Phi) is 5.85. The average Bonchev–Trinajstić information content (AvgIpc) is 2.54. The Morgan fingerprint density at radius 2 is 2.35 bits per heavy atom. The lowest BCUT2D eigenvalue weighted by molar-refractivity contribution is -0.121. The SMILES string of the molecule is C#CC[S+]([O-])c1ccc(C=CC2=NNC(=O)CC2C)cc1OC. The first-order chi connectivity index (χ1) is 11.0. The maximum atomic E-state index is 12.0. The number of benzene rings is 1. The van der Waals surface area contributed by atoms with Crippen LogP contribution in [0.3, 0.4) is 0 Å². The highest BCUT2D eigenvalue weighted by molar-refractivity contribution is 7.91. The van der Waals surface area contributed by atoms with Crippen molar-refractivity contribution in [3.63, 3.8) is 0 Å². The molecule has 5 nitrogen and oxygen atoms in total. The molecule has 1 N–H and O–H groups in total. The van der Waals surface area contributed by atoms with Crippen LogP contribution in [-0.4, -0.2) is 29.0 Å². The van der Waals surface area contributed by atoms with Gasteiger partial charge in [0.25, 0.3) is 0 Å². The molecule has 0 fully saturated rings. The molecule has 1 aromatic carbocycles. The minimum Gasteiger partial charge on any atom is -0.611 e. The topological polar surface area (TPSA) is 73.8 Å². The molecule has 2 unspecified atom stereocenters. The van der Waals surface area contributed by atoms with E-state index in [-0.39, 0.29) is 17.6 Å². The van der Waals surface area contributed by atoms with Gasteiger partial charge in [-0.25, -0.2) is 5.43 Å². The van der Waals surface area contributed by atoms with E-state index < -0.39 is 11.2 Å². The summed E-state index contributed by atoms with van der Waals surface area (Å²) in [6, 6.07) is 5.39. The number of hydrogen-bond acceptors (Lipinski definition) is 4. The second kappa shape index (κ2) is 7.86. The number of hydrazone groups is 1. The van der Waals surface area contributed by atoms with Gasteiger partial charge in [0.1, 0.15) is 0 Å². The van der Waals surface area contributed by atoms with Crippen molar-refractivity contribution in [2.45, 2.75) is 18.2 Å². The average molecular weight is 330 g/mol. The molecule has 1 aliphatic rings. The van der Waals surface area contributed by atoms with Gasteiger partial charge in [0, 0.05) is 23.5 Å². The summed E-state index contributed by atoms with van der Waals surface area (Å²) in [6.45, 7) is 1.95. The maximum absolute atomic E-state index is 12.0. The highest BCUT2D eigenvalue weighted by atomic mass is 32.2. The van der Waals surface area contributed by atoms with E-state index in [9.17, 15) is 9.35 Å². The maximum Gasteiger partial charge on any atom is 0.240 e. The van der Waals surface area contributed by atoms with Crippen molar-refractivity contribution < 1.29 is 14.1 Å². The molecule has 0 spiro atoms. The smallest absolute Gasteiger partial charge is 0.240 e. The number of terminal acetylenes is 1. The van der Waals surface area contributed by atoms with Crippen LogP contribution in [0.25, 0.3) is 6.08 Å². The monoisotopic (exact) mass is 330 g/mol. The Balaban J connectivity index is 2.20. The molecule has 120 valence electrons. The molecule has 1 amide bonds. The van der Waals surface area contributed by atoms with Gasteiger partial charge in [-0.15, -0.1) is 6.42 Å². The van der Waals surface area contributed by atoms with E-state index in [4.69, 9.17) is 11.2 Å². The molecule has 0 saturated carbocycles. The van der Waals surface area contributed by atoms with Crippen molar-refractivity contribution in [1.29, 1.82) is 0 Å². The number of nitrogens with one attached hydrogen (secondary N) is 1. The van der Waals surface area contributed by atoms with Crippen LogP contribution in [0, 0.1) is 18.3 Å². The molecule has 0 aromatic heterocycles. The summed E-state index contributed by atoms with van der Waals surface area (Å²) < 4.78 is 17.3. The standard InChI is InChI=1S/C17H18N2O3S/c1-4-9-23(21)16-8-6-13(11-15(16)22-3)5-7-14-12(2)10-17(20)19-18-14/h1,5-8,11-12H,9-10H2,2-3H3,(H,19,20). The summed E-state index contributed by atoms with van der Waals surface area (Å²) in [5.41, 5.74) is 4.17. The lowest BCUT2D eigenvalue weighted by atomic mass is 9.99. The largest absolute Gasteiger partial charge is 0.611 e. The Morgan fingerprint density at radius 3 is 3.00 bits per heavy atom. The normalized spacial score (nSPS) is 19.0. The molecule has 2 rings (SSSR count). The van der Waals surface area contributed by atoms with Gasteiger partial charge in [-0.3, -0.25) is 4.79 Å². The molecular weight excluding hydrogens is 312 g/mol. The minimum atomic E-state index is -1.28. The van der Waals surface area contributed by atoms with Crippen LogP contribution < -0.4 is 10.2 Å². The summed E-state index contributed by atoms with van der Waals surface area (Å²) in [5.74, 6) is 3.08. The van der Waals surface area contributed by atoms with Crippen LogP contribution >= 0.6 is 0 Å². The predicted octanol–water partition coefficient (Wildman–Crippen LogP) is 1.96. The summed E-state index contributed by atoms with van der Waals surface area (Å²) >= 11 is -1.28. The third-order valence-corrected chi connectivity index (χ3v) is 4.66. The lowest BCUT2D eigenvalue weighted by Crippen LogP contribution is -2.30. The van der Waals surface area contributed by atoms with E-state index in [0.29, 0.717) is 17.1 Å². The fourth-order valence-electron chi connectivity index (χ4n) is 2.18. The number of nitrogens with zero attached hydrogens (tertiary/aromatic N) is 1. The van der Waals surface area contributed by atoms with Crippen molar-refractivity contribution in [3.8, 4) is 18.1 Å². The zero-order chi connectivity index (χ0) is 16.8.